The molecule has 2 heterocycles. The van der Waals surface area contributed by atoms with Crippen LogP contribution in [0.4, 0.5) is 13.2 Å². The minimum atomic E-state index is -2.89. The predicted octanol–water partition coefficient (Wildman–Crippen LogP) is 3.22. The summed E-state index contributed by atoms with van der Waals surface area (Å²) in [5.41, 5.74) is 0.978. The van der Waals surface area contributed by atoms with Crippen molar-refractivity contribution in [2.75, 3.05) is 0 Å². The highest BCUT2D eigenvalue weighted by atomic mass is 19.3. The van der Waals surface area contributed by atoms with E-state index in [2.05, 4.69) is 15.3 Å². The third kappa shape index (κ3) is 2.63. The van der Waals surface area contributed by atoms with Crippen LogP contribution >= 0.6 is 0 Å². The van der Waals surface area contributed by atoms with Gasteiger partial charge in [-0.3, -0.25) is 14.2 Å². The first-order valence-corrected chi connectivity index (χ1v) is 7.74. The number of alkyl halides is 2. The number of halogens is 3. The number of amides is 1. The fourth-order valence-electron chi connectivity index (χ4n) is 3.25. The number of nitrogens with one attached hydrogen (secondary N) is 1. The van der Waals surface area contributed by atoms with E-state index in [1.54, 1.807) is 6.07 Å². The minimum absolute atomic E-state index is 0.167. The molecule has 0 saturated carbocycles. The van der Waals surface area contributed by atoms with Gasteiger partial charge in [0.15, 0.2) is 5.65 Å². The topological polar surface area (TPSA) is 59.3 Å². The van der Waals surface area contributed by atoms with E-state index in [0.717, 1.165) is 5.56 Å². The summed E-state index contributed by atoms with van der Waals surface area (Å²) in [6.07, 6.45) is 2.50. The van der Waals surface area contributed by atoms with Crippen LogP contribution in [0.1, 0.15) is 46.2 Å². The van der Waals surface area contributed by atoms with Crippen LogP contribution in [0.5, 0.6) is 0 Å². The van der Waals surface area contributed by atoms with Crippen molar-refractivity contribution in [2.24, 2.45) is 0 Å². The fourth-order valence-corrected chi connectivity index (χ4v) is 3.25. The molecule has 1 atom stereocenters. The molecule has 1 aliphatic carbocycles. The Balaban J connectivity index is 1.70. The van der Waals surface area contributed by atoms with Gasteiger partial charge >= 0.3 is 0 Å². The molecule has 1 amide bonds. The van der Waals surface area contributed by atoms with Crippen molar-refractivity contribution in [1.29, 1.82) is 0 Å². The lowest BCUT2D eigenvalue weighted by Gasteiger charge is -2.14. The number of fused-ring (bicyclic) bond motifs is 2. The maximum absolute atomic E-state index is 13.5. The van der Waals surface area contributed by atoms with Crippen LogP contribution in [0.25, 0.3) is 5.65 Å². The standard InChI is InChI=1S/C17H13F3N4O/c18-10-3-1-9-2-4-12(11(9)7-10)22-17(25)15-14(16(19)20)23-13-8-21-5-6-24(13)15/h1,3,5-8,12,16H,2,4H2,(H,22,25). The van der Waals surface area contributed by atoms with E-state index < -0.39 is 29.9 Å². The number of rotatable bonds is 3. The monoisotopic (exact) mass is 346 g/mol. The quantitative estimate of drug-likeness (QED) is 0.792. The van der Waals surface area contributed by atoms with Crippen LogP contribution in [0.15, 0.2) is 36.8 Å². The van der Waals surface area contributed by atoms with E-state index in [9.17, 15) is 18.0 Å². The van der Waals surface area contributed by atoms with Crippen LogP contribution in [0.3, 0.4) is 0 Å². The maximum atomic E-state index is 13.5. The number of carbonyl (C=O) groups excluding carboxylic acids is 1. The lowest BCUT2D eigenvalue weighted by atomic mass is 10.1. The first-order valence-electron chi connectivity index (χ1n) is 7.74. The van der Waals surface area contributed by atoms with Gasteiger partial charge in [-0.1, -0.05) is 6.07 Å². The highest BCUT2D eigenvalue weighted by molar-refractivity contribution is 5.95. The molecule has 5 nitrogen and oxygen atoms in total. The number of imidazole rings is 1. The third-order valence-electron chi connectivity index (χ3n) is 4.37. The average Bonchev–Trinajstić information content (AvgIpc) is 3.16. The van der Waals surface area contributed by atoms with Gasteiger partial charge in [0.25, 0.3) is 12.3 Å². The molecule has 8 heteroatoms. The minimum Gasteiger partial charge on any atom is -0.344 e. The van der Waals surface area contributed by atoms with E-state index in [0.29, 0.717) is 18.4 Å². The molecule has 1 unspecified atom stereocenters. The van der Waals surface area contributed by atoms with Crippen LogP contribution < -0.4 is 5.32 Å². The fraction of sp³-hybridized carbons (Fsp3) is 0.235. The Kier molecular flexibility index (Phi) is 3.67. The van der Waals surface area contributed by atoms with E-state index in [-0.39, 0.29) is 11.3 Å². The Morgan fingerprint density at radius 3 is 3.00 bits per heavy atom. The molecule has 0 spiro atoms. The molecule has 3 aromatic rings. The normalized spacial score (nSPS) is 16.4. The zero-order chi connectivity index (χ0) is 17.6. The molecular weight excluding hydrogens is 333 g/mol. The SMILES string of the molecule is O=C(NC1CCc2ccc(F)cc21)c1c(C(F)F)nc2cnccn12. The number of benzene rings is 1. The first kappa shape index (κ1) is 15.6. The second kappa shape index (κ2) is 5.87. The van der Waals surface area contributed by atoms with E-state index in [4.69, 9.17) is 0 Å². The molecule has 1 aliphatic rings. The molecule has 2 aromatic heterocycles. The van der Waals surface area contributed by atoms with Crippen LogP contribution in [-0.2, 0) is 6.42 Å². The molecular formula is C17H13F3N4O. The molecule has 1 aromatic carbocycles. The Morgan fingerprint density at radius 1 is 1.36 bits per heavy atom. The van der Waals surface area contributed by atoms with Crippen molar-refractivity contribution in [3.8, 4) is 0 Å². The van der Waals surface area contributed by atoms with Crippen LogP contribution in [0.2, 0.25) is 0 Å². The number of hydrogen-bond acceptors (Lipinski definition) is 3. The van der Waals surface area contributed by atoms with Gasteiger partial charge in [-0.25, -0.2) is 18.2 Å². The molecule has 0 aliphatic heterocycles. The summed E-state index contributed by atoms with van der Waals surface area (Å²) in [6, 6.07) is 4.01. The highest BCUT2D eigenvalue weighted by Crippen LogP contribution is 2.32. The summed E-state index contributed by atoms with van der Waals surface area (Å²) < 4.78 is 41.4. The van der Waals surface area contributed by atoms with Gasteiger partial charge in [-0.05, 0) is 36.1 Å². The van der Waals surface area contributed by atoms with Crippen LogP contribution in [0, 0.1) is 5.82 Å². The summed E-state index contributed by atoms with van der Waals surface area (Å²) in [4.78, 5) is 20.3. The van der Waals surface area contributed by atoms with Crippen molar-refractivity contribution in [3.63, 3.8) is 0 Å². The number of carbonyl (C=O) groups is 1. The number of aryl methyl sites for hydroxylation is 1. The Hall–Kier alpha value is -2.90. The van der Waals surface area contributed by atoms with Gasteiger partial charge in [0.2, 0.25) is 0 Å². The lowest BCUT2D eigenvalue weighted by molar-refractivity contribution is 0.0915. The molecule has 0 fully saturated rings. The Labute approximate surface area is 140 Å². The summed E-state index contributed by atoms with van der Waals surface area (Å²) >= 11 is 0. The number of hydrogen-bond donors (Lipinski definition) is 1. The molecule has 0 saturated heterocycles. The summed E-state index contributed by atoms with van der Waals surface area (Å²) in [5, 5.41) is 2.73. The molecule has 0 radical (unpaired) electrons. The molecule has 0 bridgehead atoms. The number of aromatic nitrogens is 3. The summed E-state index contributed by atoms with van der Waals surface area (Å²) in [7, 11) is 0. The van der Waals surface area contributed by atoms with Gasteiger partial charge in [0, 0.05) is 12.4 Å². The molecule has 25 heavy (non-hydrogen) atoms. The number of nitrogens with zero attached hydrogens (tertiary/aromatic N) is 3. The van der Waals surface area contributed by atoms with Crippen molar-refractivity contribution >= 4 is 11.6 Å². The smallest absolute Gasteiger partial charge is 0.282 e. The third-order valence-corrected chi connectivity index (χ3v) is 4.37. The zero-order valence-corrected chi connectivity index (χ0v) is 12.9. The van der Waals surface area contributed by atoms with Crippen LogP contribution in [-0.4, -0.2) is 20.3 Å². The average molecular weight is 346 g/mol. The van der Waals surface area contributed by atoms with Gasteiger partial charge < -0.3 is 5.32 Å². The predicted molar refractivity (Wildman–Crippen MR) is 82.9 cm³/mol. The maximum Gasteiger partial charge on any atom is 0.282 e. The molecule has 4 rings (SSSR count). The van der Waals surface area contributed by atoms with E-state index in [1.807, 2.05) is 0 Å². The summed E-state index contributed by atoms with van der Waals surface area (Å²) in [6.45, 7) is 0. The van der Waals surface area contributed by atoms with E-state index in [1.165, 1.54) is 35.1 Å². The van der Waals surface area contributed by atoms with Gasteiger partial charge in [0.05, 0.1) is 12.2 Å². The highest BCUT2D eigenvalue weighted by Gasteiger charge is 2.29. The zero-order valence-electron chi connectivity index (χ0n) is 12.9. The van der Waals surface area contributed by atoms with Crippen molar-refractivity contribution in [1.82, 2.24) is 19.7 Å². The Morgan fingerprint density at radius 2 is 2.20 bits per heavy atom. The van der Waals surface area contributed by atoms with Gasteiger partial charge in [-0.2, -0.15) is 0 Å². The van der Waals surface area contributed by atoms with Crippen molar-refractivity contribution in [3.05, 3.63) is 65.1 Å². The van der Waals surface area contributed by atoms with Gasteiger partial charge in [0.1, 0.15) is 17.2 Å². The molecule has 1 N–H and O–H groups in total. The van der Waals surface area contributed by atoms with E-state index >= 15 is 0 Å². The summed E-state index contributed by atoms with van der Waals surface area (Å²) in [5.74, 6) is -1.06. The molecule has 128 valence electrons. The second-order valence-corrected chi connectivity index (χ2v) is 5.86. The lowest BCUT2D eigenvalue weighted by Crippen LogP contribution is -2.29. The first-order chi connectivity index (χ1) is 12.0. The second-order valence-electron chi connectivity index (χ2n) is 5.86. The largest absolute Gasteiger partial charge is 0.344 e. The Bertz CT molecular complexity index is 970. The van der Waals surface area contributed by atoms with Gasteiger partial charge in [-0.15, -0.1) is 0 Å². The van der Waals surface area contributed by atoms with Crippen molar-refractivity contribution < 1.29 is 18.0 Å². The van der Waals surface area contributed by atoms with Crippen molar-refractivity contribution in [2.45, 2.75) is 25.3 Å².